The van der Waals surface area contributed by atoms with Gasteiger partial charge >= 0.3 is 17.9 Å². The average molecular weight is 537 g/mol. The van der Waals surface area contributed by atoms with Crippen LogP contribution in [0.1, 0.15) is 65.7 Å². The number of hydrogen-bond donors (Lipinski definition) is 3. The van der Waals surface area contributed by atoms with Gasteiger partial charge in [-0.1, -0.05) is 36.4 Å². The van der Waals surface area contributed by atoms with Gasteiger partial charge in [-0.15, -0.1) is 0 Å². The molecule has 208 valence electrons. The van der Waals surface area contributed by atoms with E-state index in [9.17, 15) is 14.4 Å². The van der Waals surface area contributed by atoms with Crippen molar-refractivity contribution in [3.8, 4) is 0 Å². The molecule has 0 saturated heterocycles. The first-order chi connectivity index (χ1) is 18.9. The SMILES string of the molecule is CCOC(=O)CCc1c(C(=O)OCC)[nH]c2ccccc12.CCOC(=O)c1[nH]c2ccccc2c1CCCO. The van der Waals surface area contributed by atoms with Crippen molar-refractivity contribution in [3.63, 3.8) is 0 Å². The number of carbonyl (C=O) groups excluding carboxylic acids is 3. The van der Waals surface area contributed by atoms with Gasteiger partial charge in [0.15, 0.2) is 0 Å². The quantitative estimate of drug-likeness (QED) is 0.179. The van der Waals surface area contributed by atoms with Crippen LogP contribution in [0.3, 0.4) is 0 Å². The second kappa shape index (κ2) is 14.7. The summed E-state index contributed by atoms with van der Waals surface area (Å²) in [6.07, 6.45) is 1.97. The molecule has 3 N–H and O–H groups in total. The minimum absolute atomic E-state index is 0.113. The first-order valence-corrected chi connectivity index (χ1v) is 13.2. The lowest BCUT2D eigenvalue weighted by atomic mass is 10.1. The van der Waals surface area contributed by atoms with Crippen LogP contribution in [0.5, 0.6) is 0 Å². The Balaban J connectivity index is 0.000000218. The van der Waals surface area contributed by atoms with Crippen molar-refractivity contribution in [3.05, 3.63) is 71.0 Å². The third-order valence-corrected chi connectivity index (χ3v) is 6.06. The zero-order chi connectivity index (χ0) is 28.2. The van der Waals surface area contributed by atoms with E-state index in [0.29, 0.717) is 50.5 Å². The Bertz CT molecular complexity index is 1400. The van der Waals surface area contributed by atoms with Crippen molar-refractivity contribution < 1.29 is 33.7 Å². The van der Waals surface area contributed by atoms with E-state index in [1.807, 2.05) is 48.5 Å². The summed E-state index contributed by atoms with van der Waals surface area (Å²) in [5, 5.41) is 10.9. The summed E-state index contributed by atoms with van der Waals surface area (Å²) >= 11 is 0. The van der Waals surface area contributed by atoms with E-state index in [1.165, 1.54) is 0 Å². The fourth-order valence-electron chi connectivity index (χ4n) is 4.39. The Hall–Kier alpha value is -4.11. The number of aryl methyl sites for hydroxylation is 2. The summed E-state index contributed by atoms with van der Waals surface area (Å²) in [7, 11) is 0. The highest BCUT2D eigenvalue weighted by Gasteiger charge is 2.20. The van der Waals surface area contributed by atoms with Gasteiger partial charge in [0.1, 0.15) is 11.4 Å². The number of aliphatic hydroxyl groups excluding tert-OH is 1. The number of esters is 3. The van der Waals surface area contributed by atoms with E-state index in [2.05, 4.69) is 9.97 Å². The van der Waals surface area contributed by atoms with Crippen LogP contribution in [0.2, 0.25) is 0 Å². The first-order valence-electron chi connectivity index (χ1n) is 13.2. The number of carbonyl (C=O) groups is 3. The second-order valence-corrected chi connectivity index (χ2v) is 8.62. The molecule has 0 spiro atoms. The van der Waals surface area contributed by atoms with Gasteiger partial charge in [-0.05, 0) is 63.3 Å². The number of aromatic amines is 2. The van der Waals surface area contributed by atoms with Crippen molar-refractivity contribution in [1.29, 1.82) is 0 Å². The summed E-state index contributed by atoms with van der Waals surface area (Å²) in [5.74, 6) is -0.994. The van der Waals surface area contributed by atoms with Crippen LogP contribution in [0.4, 0.5) is 0 Å². The van der Waals surface area contributed by atoms with Crippen LogP contribution in [-0.2, 0) is 31.8 Å². The van der Waals surface area contributed by atoms with E-state index in [0.717, 1.165) is 32.9 Å². The molecule has 4 aromatic rings. The molecule has 0 radical (unpaired) electrons. The number of ether oxygens (including phenoxy) is 3. The summed E-state index contributed by atoms with van der Waals surface area (Å²) in [5.41, 5.74) is 4.44. The van der Waals surface area contributed by atoms with Crippen molar-refractivity contribution >= 4 is 39.7 Å². The molecule has 0 aliphatic heterocycles. The van der Waals surface area contributed by atoms with Crippen LogP contribution in [0, 0.1) is 0 Å². The zero-order valence-corrected chi connectivity index (χ0v) is 22.7. The van der Waals surface area contributed by atoms with E-state index in [4.69, 9.17) is 19.3 Å². The molecular weight excluding hydrogens is 500 g/mol. The molecule has 2 heterocycles. The molecule has 2 aromatic heterocycles. The largest absolute Gasteiger partial charge is 0.466 e. The molecular formula is C30H36N2O7. The van der Waals surface area contributed by atoms with Crippen LogP contribution >= 0.6 is 0 Å². The molecule has 0 bridgehead atoms. The standard InChI is InChI=1S/C16H19NO4.C14H17NO3/c1-3-20-14(18)10-9-12-11-7-5-6-8-13(11)17-15(12)16(19)21-4-2;1-2-18-14(17)13-11(7-5-9-16)10-6-3-4-8-12(10)15-13/h5-8,17H,3-4,9-10H2,1-2H3;3-4,6,8,15-16H,2,5,7,9H2,1H3. The number of aliphatic hydroxyl groups is 1. The summed E-state index contributed by atoms with van der Waals surface area (Å²) in [4.78, 5) is 41.6. The summed E-state index contributed by atoms with van der Waals surface area (Å²) < 4.78 is 15.0. The lowest BCUT2D eigenvalue weighted by Crippen LogP contribution is -2.10. The lowest BCUT2D eigenvalue weighted by molar-refractivity contribution is -0.143. The number of hydrogen-bond acceptors (Lipinski definition) is 7. The fraction of sp³-hybridized carbons (Fsp3) is 0.367. The monoisotopic (exact) mass is 536 g/mol. The minimum Gasteiger partial charge on any atom is -0.466 e. The summed E-state index contributed by atoms with van der Waals surface area (Å²) in [6.45, 7) is 6.46. The summed E-state index contributed by atoms with van der Waals surface area (Å²) in [6, 6.07) is 15.4. The number of para-hydroxylation sites is 2. The van der Waals surface area contributed by atoms with Crippen molar-refractivity contribution in [2.24, 2.45) is 0 Å². The van der Waals surface area contributed by atoms with Crippen molar-refractivity contribution in [2.45, 2.75) is 46.5 Å². The van der Waals surface area contributed by atoms with Gasteiger partial charge in [-0.25, -0.2) is 9.59 Å². The third-order valence-electron chi connectivity index (χ3n) is 6.06. The molecule has 39 heavy (non-hydrogen) atoms. The van der Waals surface area contributed by atoms with Gasteiger partial charge < -0.3 is 29.3 Å². The van der Waals surface area contributed by atoms with Gasteiger partial charge in [0.2, 0.25) is 0 Å². The topological polar surface area (TPSA) is 131 Å². The van der Waals surface area contributed by atoms with Gasteiger partial charge in [-0.3, -0.25) is 4.79 Å². The minimum atomic E-state index is -0.396. The Morgan fingerprint density at radius 3 is 1.62 bits per heavy atom. The number of fused-ring (bicyclic) bond motifs is 2. The molecule has 0 fully saturated rings. The van der Waals surface area contributed by atoms with Gasteiger partial charge in [0.05, 0.1) is 19.8 Å². The molecule has 2 aromatic carbocycles. The normalized spacial score (nSPS) is 10.7. The van der Waals surface area contributed by atoms with Crippen LogP contribution in [-0.4, -0.2) is 59.4 Å². The number of benzene rings is 2. The van der Waals surface area contributed by atoms with Gasteiger partial charge in [-0.2, -0.15) is 0 Å². The van der Waals surface area contributed by atoms with Crippen molar-refractivity contribution in [2.75, 3.05) is 26.4 Å². The molecule has 9 nitrogen and oxygen atoms in total. The van der Waals surface area contributed by atoms with E-state index < -0.39 is 5.97 Å². The highest BCUT2D eigenvalue weighted by atomic mass is 16.5. The fourth-order valence-corrected chi connectivity index (χ4v) is 4.39. The highest BCUT2D eigenvalue weighted by molar-refractivity contribution is 5.99. The number of rotatable bonds is 11. The predicted molar refractivity (Wildman–Crippen MR) is 149 cm³/mol. The zero-order valence-electron chi connectivity index (χ0n) is 22.7. The second-order valence-electron chi connectivity index (χ2n) is 8.62. The maximum Gasteiger partial charge on any atom is 0.355 e. The number of nitrogens with one attached hydrogen (secondary N) is 2. The number of H-pyrrole nitrogens is 2. The van der Waals surface area contributed by atoms with Gasteiger partial charge in [0, 0.05) is 34.8 Å². The molecule has 0 aliphatic carbocycles. The molecule has 4 rings (SSSR count). The average Bonchev–Trinajstić information content (AvgIpc) is 3.50. The van der Waals surface area contributed by atoms with Crippen LogP contribution in [0.25, 0.3) is 21.8 Å². The van der Waals surface area contributed by atoms with Crippen LogP contribution in [0.15, 0.2) is 48.5 Å². The Morgan fingerprint density at radius 1 is 0.692 bits per heavy atom. The smallest absolute Gasteiger partial charge is 0.355 e. The molecule has 0 atom stereocenters. The number of aromatic nitrogens is 2. The molecule has 0 saturated carbocycles. The Kier molecular flexibility index (Phi) is 11.1. The van der Waals surface area contributed by atoms with E-state index in [-0.39, 0.29) is 25.0 Å². The highest BCUT2D eigenvalue weighted by Crippen LogP contribution is 2.25. The molecule has 0 aliphatic rings. The molecule has 0 amide bonds. The van der Waals surface area contributed by atoms with Crippen LogP contribution < -0.4 is 0 Å². The predicted octanol–water partition coefficient (Wildman–Crippen LogP) is 5.11. The maximum atomic E-state index is 12.0. The lowest BCUT2D eigenvalue weighted by Gasteiger charge is -2.05. The third kappa shape index (κ3) is 7.48. The Morgan fingerprint density at radius 2 is 1.15 bits per heavy atom. The molecule has 9 heteroatoms. The molecule has 0 unspecified atom stereocenters. The maximum absolute atomic E-state index is 12.0. The Labute approximate surface area is 227 Å². The first kappa shape index (κ1) is 29.4. The van der Waals surface area contributed by atoms with Crippen molar-refractivity contribution in [1.82, 2.24) is 9.97 Å². The van der Waals surface area contributed by atoms with E-state index in [1.54, 1.807) is 20.8 Å². The van der Waals surface area contributed by atoms with Gasteiger partial charge in [0.25, 0.3) is 0 Å². The van der Waals surface area contributed by atoms with E-state index >= 15 is 0 Å².